The van der Waals surface area contributed by atoms with Gasteiger partial charge in [0.2, 0.25) is 0 Å². The van der Waals surface area contributed by atoms with E-state index in [9.17, 15) is 4.39 Å². The van der Waals surface area contributed by atoms with Crippen LogP contribution in [0, 0.1) is 12.7 Å². The van der Waals surface area contributed by atoms with Crippen LogP contribution in [-0.2, 0) is 7.05 Å². The van der Waals surface area contributed by atoms with Crippen molar-refractivity contribution in [1.82, 2.24) is 20.0 Å². The molecule has 6 heteroatoms. The van der Waals surface area contributed by atoms with Gasteiger partial charge in [0.05, 0.1) is 17.0 Å². The number of nitrogens with one attached hydrogen (secondary N) is 1. The second kappa shape index (κ2) is 4.48. The molecule has 0 saturated carbocycles. The normalized spacial score (nSPS) is 10.9. The Morgan fingerprint density at radius 3 is 2.65 bits per heavy atom. The fourth-order valence-electron chi connectivity index (χ4n) is 2.33. The van der Waals surface area contributed by atoms with Gasteiger partial charge in [-0.05, 0) is 13.0 Å². The summed E-state index contributed by atoms with van der Waals surface area (Å²) in [6, 6.07) is 6.50. The average Bonchev–Trinajstić information content (AvgIpc) is 2.93. The molecule has 0 fully saturated rings. The number of nitrogens with zero attached hydrogens (tertiary/aromatic N) is 3. The highest BCUT2D eigenvalue weighted by atomic mass is 19.1. The van der Waals surface area contributed by atoms with E-state index in [2.05, 4.69) is 15.3 Å². The summed E-state index contributed by atoms with van der Waals surface area (Å²) in [6.45, 7) is 1.89. The topological polar surface area (TPSA) is 72.5 Å². The summed E-state index contributed by atoms with van der Waals surface area (Å²) in [5, 5.41) is 11.2. The highest BCUT2D eigenvalue weighted by Crippen LogP contribution is 2.36. The number of halogens is 1. The maximum atomic E-state index is 14.0. The van der Waals surface area contributed by atoms with Crippen LogP contribution >= 0.6 is 0 Å². The summed E-state index contributed by atoms with van der Waals surface area (Å²) in [7, 11) is 1.83. The summed E-state index contributed by atoms with van der Waals surface area (Å²) in [5.74, 6) is -0.0586. The summed E-state index contributed by atoms with van der Waals surface area (Å²) in [4.78, 5) is 0. The van der Waals surface area contributed by atoms with Crippen molar-refractivity contribution in [2.24, 2.45) is 7.05 Å². The molecule has 3 rings (SSSR count). The van der Waals surface area contributed by atoms with E-state index >= 15 is 0 Å². The van der Waals surface area contributed by atoms with Gasteiger partial charge in [0.15, 0.2) is 5.82 Å². The van der Waals surface area contributed by atoms with E-state index in [0.29, 0.717) is 16.8 Å². The number of hydrogen-bond acceptors (Lipinski definition) is 3. The van der Waals surface area contributed by atoms with Crippen LogP contribution in [0.1, 0.15) is 5.69 Å². The Morgan fingerprint density at radius 2 is 2.00 bits per heavy atom. The molecule has 0 atom stereocenters. The van der Waals surface area contributed by atoms with E-state index in [4.69, 9.17) is 5.73 Å². The number of anilines is 1. The minimum absolute atomic E-state index is 0.272. The van der Waals surface area contributed by atoms with Gasteiger partial charge < -0.3 is 5.73 Å². The Kier molecular flexibility index (Phi) is 2.78. The van der Waals surface area contributed by atoms with Gasteiger partial charge in [0.1, 0.15) is 5.82 Å². The van der Waals surface area contributed by atoms with Gasteiger partial charge in [-0.1, -0.05) is 18.2 Å². The molecule has 0 aliphatic rings. The predicted molar refractivity (Wildman–Crippen MR) is 75.3 cm³/mol. The molecule has 1 aromatic carbocycles. The lowest BCUT2D eigenvalue weighted by Crippen LogP contribution is -1.91. The second-order valence-corrected chi connectivity index (χ2v) is 4.64. The molecule has 0 unspecified atom stereocenters. The smallest absolute Gasteiger partial charge is 0.153 e. The second-order valence-electron chi connectivity index (χ2n) is 4.64. The van der Waals surface area contributed by atoms with Gasteiger partial charge in [-0.25, -0.2) is 4.39 Å². The number of aromatic nitrogens is 4. The molecular formula is C14H14FN5. The zero-order valence-electron chi connectivity index (χ0n) is 11.2. The van der Waals surface area contributed by atoms with Crippen LogP contribution in [0.3, 0.4) is 0 Å². The Morgan fingerprint density at radius 1 is 1.25 bits per heavy atom. The van der Waals surface area contributed by atoms with E-state index in [1.54, 1.807) is 22.9 Å². The Labute approximate surface area is 115 Å². The number of rotatable bonds is 2. The molecule has 0 aliphatic heterocycles. The lowest BCUT2D eigenvalue weighted by atomic mass is 10.0. The lowest BCUT2D eigenvalue weighted by Gasteiger charge is -2.05. The van der Waals surface area contributed by atoms with E-state index < -0.39 is 0 Å². The molecular weight excluding hydrogens is 257 g/mol. The minimum atomic E-state index is -0.330. The molecule has 0 saturated heterocycles. The highest BCUT2D eigenvalue weighted by Gasteiger charge is 2.20. The fraction of sp³-hybridized carbons (Fsp3) is 0.143. The van der Waals surface area contributed by atoms with Gasteiger partial charge in [-0.3, -0.25) is 9.78 Å². The first-order chi connectivity index (χ1) is 9.58. The van der Waals surface area contributed by atoms with Crippen molar-refractivity contribution in [3.05, 3.63) is 42.0 Å². The fourth-order valence-corrected chi connectivity index (χ4v) is 2.33. The third kappa shape index (κ3) is 1.85. The average molecular weight is 271 g/mol. The lowest BCUT2D eigenvalue weighted by molar-refractivity contribution is 0.631. The van der Waals surface area contributed by atoms with Crippen LogP contribution in [0.5, 0.6) is 0 Å². The molecule has 3 aromatic rings. The van der Waals surface area contributed by atoms with Crippen LogP contribution in [-0.4, -0.2) is 20.0 Å². The molecule has 102 valence electrons. The molecule has 0 radical (unpaired) electrons. The van der Waals surface area contributed by atoms with Crippen molar-refractivity contribution in [2.45, 2.75) is 6.92 Å². The number of benzene rings is 1. The third-order valence-electron chi connectivity index (χ3n) is 3.22. The van der Waals surface area contributed by atoms with Crippen LogP contribution in [0.4, 0.5) is 10.2 Å². The number of aryl methyl sites for hydroxylation is 2. The number of H-pyrrole nitrogens is 1. The quantitative estimate of drug-likeness (QED) is 0.752. The Bertz CT molecular complexity index is 772. The number of nitrogen functional groups attached to an aromatic ring is 1. The number of nitrogens with two attached hydrogens (primary N) is 1. The van der Waals surface area contributed by atoms with Gasteiger partial charge >= 0.3 is 0 Å². The SMILES string of the molecule is Cc1nn(C)cc1-c1[nH]nc(N)c1-c1ccccc1F. The zero-order chi connectivity index (χ0) is 14.3. The summed E-state index contributed by atoms with van der Waals surface area (Å²) >= 11 is 0. The first kappa shape index (κ1) is 12.4. The van der Waals surface area contributed by atoms with Crippen LogP contribution in [0.25, 0.3) is 22.4 Å². The molecule has 2 aromatic heterocycles. The molecule has 20 heavy (non-hydrogen) atoms. The van der Waals surface area contributed by atoms with Gasteiger partial charge in [-0.2, -0.15) is 10.2 Å². The maximum absolute atomic E-state index is 14.0. The van der Waals surface area contributed by atoms with E-state index in [1.165, 1.54) is 6.07 Å². The predicted octanol–water partition coefficient (Wildman–Crippen LogP) is 2.51. The monoisotopic (exact) mass is 271 g/mol. The molecule has 0 aliphatic carbocycles. The van der Waals surface area contributed by atoms with Crippen LogP contribution < -0.4 is 5.73 Å². The van der Waals surface area contributed by atoms with Gasteiger partial charge in [0.25, 0.3) is 0 Å². The van der Waals surface area contributed by atoms with E-state index in [1.807, 2.05) is 20.2 Å². The van der Waals surface area contributed by atoms with Crippen molar-refractivity contribution < 1.29 is 4.39 Å². The van der Waals surface area contributed by atoms with Crippen molar-refractivity contribution in [2.75, 3.05) is 5.73 Å². The van der Waals surface area contributed by atoms with Crippen LogP contribution in [0.15, 0.2) is 30.5 Å². The highest BCUT2D eigenvalue weighted by molar-refractivity contribution is 5.88. The summed E-state index contributed by atoms with van der Waals surface area (Å²) in [5.41, 5.74) is 9.26. The molecule has 0 amide bonds. The zero-order valence-corrected chi connectivity index (χ0v) is 11.2. The molecule has 0 bridgehead atoms. The number of hydrogen-bond donors (Lipinski definition) is 2. The van der Waals surface area contributed by atoms with Crippen LogP contribution in [0.2, 0.25) is 0 Å². The van der Waals surface area contributed by atoms with Crippen molar-refractivity contribution in [3.8, 4) is 22.4 Å². The van der Waals surface area contributed by atoms with Crippen molar-refractivity contribution in [3.63, 3.8) is 0 Å². The third-order valence-corrected chi connectivity index (χ3v) is 3.22. The largest absolute Gasteiger partial charge is 0.382 e. The molecule has 3 N–H and O–H groups in total. The van der Waals surface area contributed by atoms with Crippen molar-refractivity contribution in [1.29, 1.82) is 0 Å². The Hall–Kier alpha value is -2.63. The van der Waals surface area contributed by atoms with E-state index in [-0.39, 0.29) is 11.6 Å². The summed E-state index contributed by atoms with van der Waals surface area (Å²) < 4.78 is 15.7. The standard InChI is InChI=1S/C14H14FN5/c1-8-10(7-20(2)19-8)13-12(14(16)18-17-13)9-5-3-4-6-11(9)15/h3-7H,1-2H3,(H3,16,17,18). The van der Waals surface area contributed by atoms with E-state index in [0.717, 1.165) is 11.3 Å². The maximum Gasteiger partial charge on any atom is 0.153 e. The first-order valence-corrected chi connectivity index (χ1v) is 6.17. The Balaban J connectivity index is 2.26. The number of aromatic amines is 1. The molecule has 0 spiro atoms. The first-order valence-electron chi connectivity index (χ1n) is 6.17. The molecule has 2 heterocycles. The molecule has 5 nitrogen and oxygen atoms in total. The minimum Gasteiger partial charge on any atom is -0.382 e. The van der Waals surface area contributed by atoms with Gasteiger partial charge in [0, 0.05) is 24.4 Å². The van der Waals surface area contributed by atoms with Crippen molar-refractivity contribution >= 4 is 5.82 Å². The summed E-state index contributed by atoms with van der Waals surface area (Å²) in [6.07, 6.45) is 1.85. The van der Waals surface area contributed by atoms with Gasteiger partial charge in [-0.15, -0.1) is 0 Å².